The van der Waals surface area contributed by atoms with E-state index in [9.17, 15) is 5.26 Å². The van der Waals surface area contributed by atoms with E-state index in [1.807, 2.05) is 12.1 Å². The second kappa shape index (κ2) is 5.34. The number of allylic oxidation sites excluding steroid dienone is 4. The van der Waals surface area contributed by atoms with Gasteiger partial charge in [0.2, 0.25) is 0 Å². The van der Waals surface area contributed by atoms with Crippen molar-refractivity contribution < 1.29 is 9.31 Å². The fourth-order valence-electron chi connectivity index (χ4n) is 4.30. The molecule has 3 aliphatic rings. The molecule has 1 fully saturated rings. The van der Waals surface area contributed by atoms with Gasteiger partial charge < -0.3 is 9.31 Å². The van der Waals surface area contributed by atoms with Gasteiger partial charge in [-0.3, -0.25) is 0 Å². The average molecular weight is 347 g/mol. The molecule has 0 radical (unpaired) electrons. The molecule has 134 valence electrons. The molecule has 1 unspecified atom stereocenters. The van der Waals surface area contributed by atoms with Crippen LogP contribution in [0.4, 0.5) is 0 Å². The molecule has 2 aliphatic carbocycles. The summed E-state index contributed by atoms with van der Waals surface area (Å²) in [6, 6.07) is 8.32. The van der Waals surface area contributed by atoms with E-state index in [2.05, 4.69) is 65.8 Å². The van der Waals surface area contributed by atoms with Crippen molar-refractivity contribution in [1.29, 1.82) is 5.26 Å². The summed E-state index contributed by atoms with van der Waals surface area (Å²) in [7, 11) is -0.223. The molecule has 1 aromatic carbocycles. The van der Waals surface area contributed by atoms with Gasteiger partial charge >= 0.3 is 7.12 Å². The summed E-state index contributed by atoms with van der Waals surface area (Å²) in [5, 5.41) is 9.27. The van der Waals surface area contributed by atoms with Crippen LogP contribution in [0.1, 0.15) is 64.7 Å². The summed E-state index contributed by atoms with van der Waals surface area (Å²) in [4.78, 5) is 0. The summed E-state index contributed by atoms with van der Waals surface area (Å²) in [6.45, 7) is 12.9. The van der Waals surface area contributed by atoms with Crippen molar-refractivity contribution in [1.82, 2.24) is 0 Å². The number of hydrogen-bond acceptors (Lipinski definition) is 3. The largest absolute Gasteiger partial charge is 0.465 e. The van der Waals surface area contributed by atoms with Crippen molar-refractivity contribution in [2.45, 2.75) is 70.4 Å². The van der Waals surface area contributed by atoms with Crippen molar-refractivity contribution in [2.24, 2.45) is 0 Å². The van der Waals surface area contributed by atoms with Gasteiger partial charge in [-0.05, 0) is 68.5 Å². The molecule has 26 heavy (non-hydrogen) atoms. The predicted octanol–water partition coefficient (Wildman–Crippen LogP) is 5.03. The zero-order valence-corrected chi connectivity index (χ0v) is 16.5. The predicted molar refractivity (Wildman–Crippen MR) is 105 cm³/mol. The first-order valence-corrected chi connectivity index (χ1v) is 9.40. The van der Waals surface area contributed by atoms with Gasteiger partial charge in [0.15, 0.2) is 0 Å². The van der Waals surface area contributed by atoms with Crippen LogP contribution in [-0.4, -0.2) is 18.3 Å². The third-order valence-corrected chi connectivity index (χ3v) is 6.67. The first kappa shape index (κ1) is 17.6. The summed E-state index contributed by atoms with van der Waals surface area (Å²) in [5.74, 6) is 0.207. The highest BCUT2D eigenvalue weighted by Gasteiger charge is 2.54. The molecule has 3 nitrogen and oxygen atoms in total. The quantitative estimate of drug-likeness (QED) is 0.670. The number of benzene rings is 1. The third kappa shape index (κ3) is 2.34. The summed E-state index contributed by atoms with van der Waals surface area (Å²) >= 11 is 0. The molecule has 4 rings (SSSR count). The van der Waals surface area contributed by atoms with E-state index in [0.29, 0.717) is 0 Å². The first-order chi connectivity index (χ1) is 12.1. The number of fused-ring (bicyclic) bond motifs is 3. The molecular weight excluding hydrogens is 321 g/mol. The van der Waals surface area contributed by atoms with Crippen molar-refractivity contribution in [3.63, 3.8) is 0 Å². The van der Waals surface area contributed by atoms with E-state index in [-0.39, 0.29) is 29.6 Å². The van der Waals surface area contributed by atoms with Crippen molar-refractivity contribution in [3.05, 3.63) is 52.6 Å². The van der Waals surface area contributed by atoms with E-state index in [1.165, 1.54) is 22.3 Å². The number of hydrogen-bond donors (Lipinski definition) is 0. The van der Waals surface area contributed by atoms with E-state index >= 15 is 0 Å². The Labute approximate surface area is 156 Å². The Balaban J connectivity index is 1.71. The molecule has 0 bridgehead atoms. The molecular formula is C22H26BNO2. The van der Waals surface area contributed by atoms with E-state index in [1.54, 1.807) is 0 Å². The molecule has 1 atom stereocenters. The summed E-state index contributed by atoms with van der Waals surface area (Å²) < 4.78 is 12.6. The second-order valence-electron chi connectivity index (χ2n) is 9.22. The highest BCUT2D eigenvalue weighted by atomic mass is 16.7. The van der Waals surface area contributed by atoms with Crippen LogP contribution in [0.15, 0.2) is 35.9 Å². The lowest BCUT2D eigenvalue weighted by Gasteiger charge is -2.32. The van der Waals surface area contributed by atoms with Gasteiger partial charge in [-0.15, -0.1) is 0 Å². The van der Waals surface area contributed by atoms with Gasteiger partial charge in [0.25, 0.3) is 0 Å². The van der Waals surface area contributed by atoms with Crippen molar-refractivity contribution in [3.8, 4) is 6.07 Å². The Morgan fingerprint density at radius 1 is 1.08 bits per heavy atom. The SMILES string of the molecule is CC1(C)C2=CC(B3OC(C)(C)C(C)(C)O3)CC=C2c2ccc(C#N)cc21. The van der Waals surface area contributed by atoms with Crippen molar-refractivity contribution in [2.75, 3.05) is 0 Å². The molecule has 1 heterocycles. The minimum atomic E-state index is -0.310. The Bertz CT molecular complexity index is 870. The maximum absolute atomic E-state index is 9.27. The van der Waals surface area contributed by atoms with E-state index in [0.717, 1.165) is 12.0 Å². The molecule has 0 spiro atoms. The zero-order chi connectivity index (χ0) is 18.9. The lowest BCUT2D eigenvalue weighted by Crippen LogP contribution is -2.41. The number of rotatable bonds is 1. The maximum Gasteiger partial charge on any atom is 0.465 e. The van der Waals surface area contributed by atoms with Gasteiger partial charge in [-0.2, -0.15) is 5.26 Å². The smallest absolute Gasteiger partial charge is 0.403 e. The van der Waals surface area contributed by atoms with Crippen LogP contribution >= 0.6 is 0 Å². The molecule has 1 aliphatic heterocycles. The Morgan fingerprint density at radius 2 is 1.73 bits per heavy atom. The van der Waals surface area contributed by atoms with Crippen LogP contribution in [-0.2, 0) is 14.7 Å². The molecule has 0 amide bonds. The van der Waals surface area contributed by atoms with Crippen molar-refractivity contribution >= 4 is 12.7 Å². The highest BCUT2D eigenvalue weighted by Crippen LogP contribution is 2.54. The zero-order valence-electron chi connectivity index (χ0n) is 16.5. The normalized spacial score (nSPS) is 27.3. The van der Waals surface area contributed by atoms with Crippen LogP contribution in [0.5, 0.6) is 0 Å². The standard InChI is InChI=1S/C22H26BNO2/c1-20(2)18-11-14(13-24)7-9-16(18)17-10-8-15(12-19(17)20)23-25-21(3,4)22(5,6)26-23/h7,9-12,15H,8H2,1-6H3. The molecule has 0 aromatic heterocycles. The minimum Gasteiger partial charge on any atom is -0.403 e. The molecule has 0 N–H and O–H groups in total. The van der Waals surface area contributed by atoms with Gasteiger partial charge in [0.05, 0.1) is 22.8 Å². The fourth-order valence-corrected chi connectivity index (χ4v) is 4.30. The van der Waals surface area contributed by atoms with E-state index < -0.39 is 0 Å². The number of nitriles is 1. The molecule has 1 saturated heterocycles. The number of nitrogens with zero attached hydrogens (tertiary/aromatic N) is 1. The molecule has 4 heteroatoms. The molecule has 1 aromatic rings. The fraction of sp³-hybridized carbons (Fsp3) is 0.500. The van der Waals surface area contributed by atoms with E-state index in [4.69, 9.17) is 9.31 Å². The van der Waals surface area contributed by atoms with Gasteiger partial charge in [0, 0.05) is 11.2 Å². The van der Waals surface area contributed by atoms with Crippen LogP contribution in [0.25, 0.3) is 5.57 Å². The Morgan fingerprint density at radius 3 is 2.35 bits per heavy atom. The van der Waals surface area contributed by atoms with Crippen LogP contribution in [0.3, 0.4) is 0 Å². The summed E-state index contributed by atoms with van der Waals surface area (Å²) in [5.41, 5.74) is 5.12. The first-order valence-electron chi connectivity index (χ1n) is 9.40. The topological polar surface area (TPSA) is 42.2 Å². The maximum atomic E-state index is 9.27. The van der Waals surface area contributed by atoms with Crippen LogP contribution < -0.4 is 0 Å². The minimum absolute atomic E-state index is 0.115. The highest BCUT2D eigenvalue weighted by molar-refractivity contribution is 6.48. The molecule has 0 saturated carbocycles. The average Bonchev–Trinajstić information content (AvgIpc) is 2.94. The van der Waals surface area contributed by atoms with Crippen LogP contribution in [0.2, 0.25) is 5.82 Å². The van der Waals surface area contributed by atoms with Gasteiger partial charge in [0.1, 0.15) is 0 Å². The second-order valence-corrected chi connectivity index (χ2v) is 9.22. The van der Waals surface area contributed by atoms with Crippen LogP contribution in [0, 0.1) is 11.3 Å². The Kier molecular flexibility index (Phi) is 3.61. The lowest BCUT2D eigenvalue weighted by atomic mass is 9.65. The monoisotopic (exact) mass is 347 g/mol. The summed E-state index contributed by atoms with van der Waals surface area (Å²) in [6.07, 6.45) is 5.58. The third-order valence-electron chi connectivity index (χ3n) is 6.67. The van der Waals surface area contributed by atoms with Gasteiger partial charge in [-0.1, -0.05) is 32.1 Å². The van der Waals surface area contributed by atoms with Gasteiger partial charge in [-0.25, -0.2) is 0 Å². The Hall–Kier alpha value is -1.83. The lowest BCUT2D eigenvalue weighted by molar-refractivity contribution is 0.00578.